The van der Waals surface area contributed by atoms with E-state index in [1.165, 1.54) is 4.90 Å². The molecule has 0 saturated carbocycles. The lowest BCUT2D eigenvalue weighted by Gasteiger charge is -2.29. The van der Waals surface area contributed by atoms with Gasteiger partial charge in [0.1, 0.15) is 5.15 Å². The predicted octanol–water partition coefficient (Wildman–Crippen LogP) is 3.01. The molecule has 134 valence electrons. The van der Waals surface area contributed by atoms with Gasteiger partial charge in [0.15, 0.2) is 11.5 Å². The fraction of sp³-hybridized carbons (Fsp3) is 0.333. The Morgan fingerprint density at radius 3 is 2.40 bits per heavy atom. The number of ether oxygens (including phenoxy) is 1. The Bertz CT molecular complexity index is 771. The zero-order valence-electron chi connectivity index (χ0n) is 12.9. The van der Waals surface area contributed by atoms with Crippen molar-refractivity contribution in [2.24, 2.45) is 5.16 Å². The van der Waals surface area contributed by atoms with Crippen LogP contribution in [0.1, 0.15) is 11.3 Å². The monoisotopic (exact) mass is 374 g/mol. The van der Waals surface area contributed by atoms with Crippen molar-refractivity contribution in [1.29, 1.82) is 0 Å². The highest BCUT2D eigenvalue weighted by molar-refractivity contribution is 6.33. The summed E-state index contributed by atoms with van der Waals surface area (Å²) < 4.78 is 46.7. The standard InChI is InChI=1S/C15H14ClF3N4O2/c16-13-11(14(21-24)22-6-8-25-9-7-22)12(15(17,18)19)20-23(13)10-4-2-1-3-5-10/h1-5,24H,6-9H2/b21-14-. The zero-order valence-corrected chi connectivity index (χ0v) is 13.6. The van der Waals surface area contributed by atoms with E-state index in [2.05, 4.69) is 10.3 Å². The molecule has 0 atom stereocenters. The molecule has 1 fully saturated rings. The number of benzene rings is 1. The number of nitrogens with zero attached hydrogens (tertiary/aromatic N) is 4. The quantitative estimate of drug-likeness (QED) is 0.380. The van der Waals surface area contributed by atoms with Gasteiger partial charge in [-0.05, 0) is 12.1 Å². The molecule has 1 saturated heterocycles. The third-order valence-corrected chi connectivity index (χ3v) is 4.08. The Morgan fingerprint density at radius 1 is 1.20 bits per heavy atom. The second-order valence-corrected chi connectivity index (χ2v) is 5.64. The van der Waals surface area contributed by atoms with Crippen molar-refractivity contribution < 1.29 is 23.1 Å². The number of hydrogen-bond acceptors (Lipinski definition) is 4. The van der Waals surface area contributed by atoms with E-state index >= 15 is 0 Å². The molecule has 1 aromatic carbocycles. The van der Waals surface area contributed by atoms with Crippen molar-refractivity contribution >= 4 is 17.4 Å². The van der Waals surface area contributed by atoms with Gasteiger partial charge >= 0.3 is 6.18 Å². The minimum Gasteiger partial charge on any atom is -0.409 e. The van der Waals surface area contributed by atoms with Gasteiger partial charge in [-0.2, -0.15) is 18.3 Å². The van der Waals surface area contributed by atoms with Crippen LogP contribution in [0.2, 0.25) is 5.15 Å². The van der Waals surface area contributed by atoms with Gasteiger partial charge in [0.25, 0.3) is 0 Å². The first-order valence-corrected chi connectivity index (χ1v) is 7.77. The molecular weight excluding hydrogens is 361 g/mol. The number of para-hydroxylation sites is 1. The summed E-state index contributed by atoms with van der Waals surface area (Å²) in [4.78, 5) is 1.48. The molecule has 1 aliphatic heterocycles. The lowest BCUT2D eigenvalue weighted by molar-refractivity contribution is -0.141. The third kappa shape index (κ3) is 3.42. The van der Waals surface area contributed by atoms with Crippen LogP contribution in [0.15, 0.2) is 35.5 Å². The average molecular weight is 375 g/mol. The molecule has 0 spiro atoms. The van der Waals surface area contributed by atoms with Crippen LogP contribution in [0.3, 0.4) is 0 Å². The second-order valence-electron chi connectivity index (χ2n) is 5.28. The molecule has 25 heavy (non-hydrogen) atoms. The first kappa shape index (κ1) is 17.6. The zero-order chi connectivity index (χ0) is 18.0. The van der Waals surface area contributed by atoms with Gasteiger partial charge in [-0.25, -0.2) is 4.68 Å². The Morgan fingerprint density at radius 2 is 1.84 bits per heavy atom. The molecule has 6 nitrogen and oxygen atoms in total. The van der Waals surface area contributed by atoms with Gasteiger partial charge in [-0.1, -0.05) is 35.0 Å². The lowest BCUT2D eigenvalue weighted by Crippen LogP contribution is -2.41. The van der Waals surface area contributed by atoms with Gasteiger partial charge < -0.3 is 14.8 Å². The SMILES string of the molecule is O/N=C(/c1c(C(F)(F)F)nn(-c2ccccc2)c1Cl)N1CCOCC1. The molecule has 10 heteroatoms. The molecule has 2 aromatic rings. The number of halogens is 4. The summed E-state index contributed by atoms with van der Waals surface area (Å²) in [5.74, 6) is -0.275. The van der Waals surface area contributed by atoms with Gasteiger partial charge in [0.05, 0.1) is 24.5 Å². The number of amidine groups is 1. The second kappa shape index (κ2) is 6.93. The van der Waals surface area contributed by atoms with Crippen molar-refractivity contribution in [3.8, 4) is 5.69 Å². The van der Waals surface area contributed by atoms with Crippen molar-refractivity contribution in [1.82, 2.24) is 14.7 Å². The molecule has 1 aromatic heterocycles. The van der Waals surface area contributed by atoms with E-state index < -0.39 is 17.4 Å². The van der Waals surface area contributed by atoms with Crippen molar-refractivity contribution in [3.63, 3.8) is 0 Å². The van der Waals surface area contributed by atoms with Gasteiger partial charge in [0.2, 0.25) is 0 Å². The van der Waals surface area contributed by atoms with Crippen molar-refractivity contribution in [3.05, 3.63) is 46.7 Å². The van der Waals surface area contributed by atoms with Gasteiger partial charge in [-0.15, -0.1) is 0 Å². The summed E-state index contributed by atoms with van der Waals surface area (Å²) in [6, 6.07) is 8.19. The molecule has 3 rings (SSSR count). The number of morpholine rings is 1. The van der Waals surface area contributed by atoms with Crippen LogP contribution >= 0.6 is 11.6 Å². The van der Waals surface area contributed by atoms with E-state index in [1.54, 1.807) is 30.3 Å². The van der Waals surface area contributed by atoms with Gasteiger partial charge in [0, 0.05) is 13.1 Å². The maximum Gasteiger partial charge on any atom is 0.435 e. The summed E-state index contributed by atoms with van der Waals surface area (Å²) in [5.41, 5.74) is -1.30. The molecule has 0 amide bonds. The number of oxime groups is 1. The Balaban J connectivity index is 2.15. The Kier molecular flexibility index (Phi) is 4.87. The first-order chi connectivity index (χ1) is 11.9. The summed E-state index contributed by atoms with van der Waals surface area (Å²) in [6.45, 7) is 1.18. The molecule has 0 unspecified atom stereocenters. The van der Waals surface area contributed by atoms with E-state index in [1.807, 2.05) is 0 Å². The topological polar surface area (TPSA) is 62.9 Å². The molecule has 0 aliphatic carbocycles. The minimum absolute atomic E-state index is 0.275. The fourth-order valence-corrected chi connectivity index (χ4v) is 2.89. The number of hydrogen-bond donors (Lipinski definition) is 1. The molecule has 1 N–H and O–H groups in total. The molecule has 2 heterocycles. The molecule has 0 bridgehead atoms. The van der Waals surface area contributed by atoms with Gasteiger partial charge in [-0.3, -0.25) is 0 Å². The van der Waals surface area contributed by atoms with Crippen LogP contribution in [0, 0.1) is 0 Å². The van der Waals surface area contributed by atoms with E-state index in [0.717, 1.165) is 4.68 Å². The highest BCUT2D eigenvalue weighted by Crippen LogP contribution is 2.36. The minimum atomic E-state index is -4.76. The third-order valence-electron chi connectivity index (χ3n) is 3.73. The maximum atomic E-state index is 13.5. The van der Waals surface area contributed by atoms with Crippen molar-refractivity contribution in [2.75, 3.05) is 26.3 Å². The molecule has 1 aliphatic rings. The number of aromatic nitrogens is 2. The smallest absolute Gasteiger partial charge is 0.409 e. The van der Waals surface area contributed by atoms with Crippen LogP contribution in [-0.2, 0) is 10.9 Å². The van der Waals surface area contributed by atoms with Crippen molar-refractivity contribution in [2.45, 2.75) is 6.18 Å². The highest BCUT2D eigenvalue weighted by atomic mass is 35.5. The molecule has 0 radical (unpaired) electrons. The van der Waals surface area contributed by atoms with E-state index in [0.29, 0.717) is 18.9 Å². The summed E-state index contributed by atoms with van der Waals surface area (Å²) in [7, 11) is 0. The fourth-order valence-electron chi connectivity index (χ4n) is 2.58. The van der Waals surface area contributed by atoms with E-state index in [9.17, 15) is 18.4 Å². The van der Waals surface area contributed by atoms with E-state index in [-0.39, 0.29) is 24.1 Å². The van der Waals surface area contributed by atoms with Crippen LogP contribution in [-0.4, -0.2) is 52.0 Å². The summed E-state index contributed by atoms with van der Waals surface area (Å²) >= 11 is 6.21. The largest absolute Gasteiger partial charge is 0.435 e. The van der Waals surface area contributed by atoms with E-state index in [4.69, 9.17) is 16.3 Å². The predicted molar refractivity (Wildman–Crippen MR) is 84.3 cm³/mol. The Hall–Kier alpha value is -2.26. The number of rotatable bonds is 2. The lowest BCUT2D eigenvalue weighted by atomic mass is 10.2. The summed E-state index contributed by atoms with van der Waals surface area (Å²) in [6.07, 6.45) is -4.76. The summed E-state index contributed by atoms with van der Waals surface area (Å²) in [5, 5.41) is 15.8. The maximum absolute atomic E-state index is 13.5. The van der Waals surface area contributed by atoms with Crippen LogP contribution in [0.4, 0.5) is 13.2 Å². The highest BCUT2D eigenvalue weighted by Gasteiger charge is 2.42. The average Bonchev–Trinajstić information content (AvgIpc) is 2.95. The Labute approximate surface area is 146 Å². The van der Waals surface area contributed by atoms with Crippen LogP contribution in [0.5, 0.6) is 0 Å². The van der Waals surface area contributed by atoms with Crippen LogP contribution in [0.25, 0.3) is 5.69 Å². The normalized spacial score (nSPS) is 16.3. The molecular formula is C15H14ClF3N4O2. The number of alkyl halides is 3. The first-order valence-electron chi connectivity index (χ1n) is 7.39. The van der Waals surface area contributed by atoms with Crippen LogP contribution < -0.4 is 0 Å².